The van der Waals surface area contributed by atoms with Gasteiger partial charge in [0.1, 0.15) is 0 Å². The Hall–Kier alpha value is -2.36. The molecule has 7 nitrogen and oxygen atoms in total. The van der Waals surface area contributed by atoms with Crippen LogP contribution in [0.5, 0.6) is 23.0 Å². The lowest BCUT2D eigenvalue weighted by atomic mass is 10.1. The predicted molar refractivity (Wildman–Crippen MR) is 116 cm³/mol. The smallest absolute Gasteiger partial charge is 0.293 e. The van der Waals surface area contributed by atoms with E-state index >= 15 is 0 Å². The SMILES string of the molecule is COc1cc(/C=C2\SC(=O)N(Cc3cc4c(cc3Cl)OCO4)C2=O)cc(Br)c1OC. The van der Waals surface area contributed by atoms with E-state index in [0.29, 0.717) is 48.5 Å². The Kier molecular flexibility index (Phi) is 5.86. The average Bonchev–Trinajstić information content (AvgIpc) is 3.26. The third kappa shape index (κ3) is 3.84. The van der Waals surface area contributed by atoms with Crippen LogP contribution in [0.15, 0.2) is 33.6 Å². The number of ether oxygens (including phenoxy) is 4. The maximum atomic E-state index is 12.9. The fourth-order valence-electron chi connectivity index (χ4n) is 3.06. The Bertz CT molecular complexity index is 1090. The summed E-state index contributed by atoms with van der Waals surface area (Å²) < 4.78 is 21.9. The maximum Gasteiger partial charge on any atom is 0.293 e. The number of thioether (sulfide) groups is 1. The maximum absolute atomic E-state index is 12.9. The van der Waals surface area contributed by atoms with Crippen molar-refractivity contribution in [2.45, 2.75) is 6.54 Å². The molecule has 2 aliphatic heterocycles. The zero-order chi connectivity index (χ0) is 21.4. The van der Waals surface area contributed by atoms with Crippen LogP contribution >= 0.6 is 39.3 Å². The highest BCUT2D eigenvalue weighted by molar-refractivity contribution is 9.10. The van der Waals surface area contributed by atoms with Crippen LogP contribution in [-0.2, 0) is 11.3 Å². The van der Waals surface area contributed by atoms with Gasteiger partial charge in [0, 0.05) is 11.1 Å². The van der Waals surface area contributed by atoms with Crippen molar-refractivity contribution in [3.63, 3.8) is 0 Å². The van der Waals surface area contributed by atoms with Gasteiger partial charge in [-0.15, -0.1) is 0 Å². The normalized spacial score (nSPS) is 16.5. The first-order valence-electron chi connectivity index (χ1n) is 8.66. The Balaban J connectivity index is 1.60. The first-order chi connectivity index (χ1) is 14.4. The molecule has 0 N–H and O–H groups in total. The lowest BCUT2D eigenvalue weighted by molar-refractivity contribution is -0.123. The van der Waals surface area contributed by atoms with E-state index in [1.165, 1.54) is 14.2 Å². The van der Waals surface area contributed by atoms with Crippen LogP contribution in [0.25, 0.3) is 6.08 Å². The first kappa shape index (κ1) is 20.9. The number of methoxy groups -OCH3 is 2. The molecule has 2 aliphatic rings. The number of rotatable bonds is 5. The van der Waals surface area contributed by atoms with Crippen LogP contribution in [0.4, 0.5) is 4.79 Å². The molecule has 2 aromatic carbocycles. The van der Waals surface area contributed by atoms with Crippen LogP contribution in [-0.4, -0.2) is 37.1 Å². The summed E-state index contributed by atoms with van der Waals surface area (Å²) in [7, 11) is 3.06. The van der Waals surface area contributed by atoms with Crippen LogP contribution in [0.3, 0.4) is 0 Å². The fraction of sp³-hybridized carbons (Fsp3) is 0.200. The summed E-state index contributed by atoms with van der Waals surface area (Å²) in [6, 6.07) is 6.81. The number of halogens is 2. The molecule has 0 aromatic heterocycles. The molecule has 10 heteroatoms. The van der Waals surface area contributed by atoms with Crippen molar-refractivity contribution in [3.05, 3.63) is 49.8 Å². The molecule has 0 radical (unpaired) electrons. The molecule has 2 amide bonds. The zero-order valence-corrected chi connectivity index (χ0v) is 19.0. The lowest BCUT2D eigenvalue weighted by Crippen LogP contribution is -2.27. The minimum atomic E-state index is -0.398. The molecule has 2 aromatic rings. The van der Waals surface area contributed by atoms with E-state index in [9.17, 15) is 9.59 Å². The van der Waals surface area contributed by atoms with Gasteiger partial charge >= 0.3 is 0 Å². The van der Waals surface area contributed by atoms with Gasteiger partial charge in [-0.2, -0.15) is 0 Å². The highest BCUT2D eigenvalue weighted by Gasteiger charge is 2.36. The standard InChI is InChI=1S/C20H15BrClNO6S/c1-26-16-4-10(3-12(21)18(16)27-2)5-17-19(24)23(20(25)30-17)8-11-6-14-15(7-13(11)22)29-9-28-14/h3-7H,8-9H2,1-2H3/b17-5-. The van der Waals surface area contributed by atoms with E-state index in [1.807, 2.05) is 0 Å². The summed E-state index contributed by atoms with van der Waals surface area (Å²) in [4.78, 5) is 26.8. The van der Waals surface area contributed by atoms with Crippen molar-refractivity contribution < 1.29 is 28.5 Å². The Morgan fingerprint density at radius 2 is 1.90 bits per heavy atom. The van der Waals surface area contributed by atoms with E-state index in [2.05, 4.69) is 15.9 Å². The van der Waals surface area contributed by atoms with Crippen molar-refractivity contribution in [2.75, 3.05) is 21.0 Å². The van der Waals surface area contributed by atoms with Crippen LogP contribution in [0.2, 0.25) is 5.02 Å². The number of carbonyl (C=O) groups is 2. The average molecular weight is 513 g/mol. The number of imide groups is 1. The molecule has 4 rings (SSSR count). The molecule has 0 bridgehead atoms. The molecule has 0 unspecified atom stereocenters. The minimum Gasteiger partial charge on any atom is -0.493 e. The first-order valence-corrected chi connectivity index (χ1v) is 10.6. The lowest BCUT2D eigenvalue weighted by Gasteiger charge is -2.14. The monoisotopic (exact) mass is 511 g/mol. The van der Waals surface area contributed by atoms with E-state index in [1.54, 1.807) is 30.3 Å². The number of nitrogens with zero attached hydrogens (tertiary/aromatic N) is 1. The molecule has 1 saturated heterocycles. The number of carbonyl (C=O) groups excluding carboxylic acids is 2. The van der Waals surface area contributed by atoms with Crippen LogP contribution in [0.1, 0.15) is 11.1 Å². The molecule has 156 valence electrons. The van der Waals surface area contributed by atoms with Crippen molar-refractivity contribution in [1.82, 2.24) is 4.90 Å². The Morgan fingerprint density at radius 3 is 2.60 bits per heavy atom. The molecule has 0 spiro atoms. The summed E-state index contributed by atoms with van der Waals surface area (Å²) in [5.41, 5.74) is 1.28. The molecular weight excluding hydrogens is 498 g/mol. The van der Waals surface area contributed by atoms with Crippen molar-refractivity contribution >= 4 is 56.5 Å². The summed E-state index contributed by atoms with van der Waals surface area (Å²) in [6.07, 6.45) is 1.64. The molecule has 2 heterocycles. The second-order valence-electron chi connectivity index (χ2n) is 6.30. The largest absolute Gasteiger partial charge is 0.493 e. The van der Waals surface area contributed by atoms with Crippen molar-refractivity contribution in [2.24, 2.45) is 0 Å². The van der Waals surface area contributed by atoms with E-state index < -0.39 is 5.91 Å². The number of fused-ring (bicyclic) bond motifs is 1. The molecule has 0 atom stereocenters. The van der Waals surface area contributed by atoms with Gasteiger partial charge in [-0.1, -0.05) is 11.6 Å². The zero-order valence-electron chi connectivity index (χ0n) is 15.9. The summed E-state index contributed by atoms with van der Waals surface area (Å²) in [6.45, 7) is 0.146. The highest BCUT2D eigenvalue weighted by atomic mass is 79.9. The fourth-order valence-corrected chi connectivity index (χ4v) is 4.73. The highest BCUT2D eigenvalue weighted by Crippen LogP contribution is 2.41. The van der Waals surface area contributed by atoms with Gasteiger partial charge in [0.05, 0.1) is 30.1 Å². The number of benzene rings is 2. The van der Waals surface area contributed by atoms with Crippen LogP contribution < -0.4 is 18.9 Å². The van der Waals surface area contributed by atoms with Gasteiger partial charge in [-0.3, -0.25) is 14.5 Å². The summed E-state index contributed by atoms with van der Waals surface area (Å²) >= 11 is 10.6. The Labute approximate surface area is 190 Å². The molecular formula is C20H15BrClNO6S. The van der Waals surface area contributed by atoms with Gasteiger partial charge in [-0.05, 0) is 63.1 Å². The number of amides is 2. The second-order valence-corrected chi connectivity index (χ2v) is 8.56. The summed E-state index contributed by atoms with van der Waals surface area (Å²) in [5.74, 6) is 1.72. The third-order valence-electron chi connectivity index (χ3n) is 4.50. The van der Waals surface area contributed by atoms with Gasteiger partial charge in [0.2, 0.25) is 6.79 Å². The number of hydrogen-bond donors (Lipinski definition) is 0. The molecule has 30 heavy (non-hydrogen) atoms. The van der Waals surface area contributed by atoms with Crippen molar-refractivity contribution in [1.29, 1.82) is 0 Å². The number of hydrogen-bond acceptors (Lipinski definition) is 7. The van der Waals surface area contributed by atoms with Crippen molar-refractivity contribution in [3.8, 4) is 23.0 Å². The second kappa shape index (κ2) is 8.41. The molecule has 0 saturated carbocycles. The summed E-state index contributed by atoms with van der Waals surface area (Å²) in [5, 5.41) is 0.0191. The van der Waals surface area contributed by atoms with Gasteiger partial charge in [0.25, 0.3) is 11.1 Å². The van der Waals surface area contributed by atoms with E-state index in [-0.39, 0.29) is 18.6 Å². The van der Waals surface area contributed by atoms with E-state index in [4.69, 9.17) is 30.5 Å². The van der Waals surface area contributed by atoms with E-state index in [0.717, 1.165) is 16.7 Å². The Morgan fingerprint density at radius 1 is 1.17 bits per heavy atom. The third-order valence-corrected chi connectivity index (χ3v) is 6.35. The quantitative estimate of drug-likeness (QED) is 0.517. The van der Waals surface area contributed by atoms with Gasteiger partial charge < -0.3 is 18.9 Å². The minimum absolute atomic E-state index is 0.0348. The molecule has 0 aliphatic carbocycles. The predicted octanol–water partition coefficient (Wildman–Crippen LogP) is 5.08. The van der Waals surface area contributed by atoms with Gasteiger partial charge in [0.15, 0.2) is 23.0 Å². The van der Waals surface area contributed by atoms with Crippen LogP contribution in [0, 0.1) is 0 Å². The van der Waals surface area contributed by atoms with Gasteiger partial charge in [-0.25, -0.2) is 0 Å². The molecule has 1 fully saturated rings. The topological polar surface area (TPSA) is 74.3 Å².